The minimum absolute atomic E-state index is 0.116. The highest BCUT2D eigenvalue weighted by Crippen LogP contribution is 2.39. The molecule has 3 aromatic carbocycles. The zero-order valence-electron chi connectivity index (χ0n) is 17.4. The van der Waals surface area contributed by atoms with Gasteiger partial charge in [-0.15, -0.1) is 0 Å². The summed E-state index contributed by atoms with van der Waals surface area (Å²) in [6, 6.07) is 18.7. The van der Waals surface area contributed by atoms with Crippen LogP contribution in [0.1, 0.15) is 15.9 Å². The number of sulfone groups is 1. The highest BCUT2D eigenvalue weighted by atomic mass is 32.2. The number of amides is 1. The van der Waals surface area contributed by atoms with E-state index in [1.807, 2.05) is 30.3 Å². The van der Waals surface area contributed by atoms with E-state index in [1.54, 1.807) is 24.3 Å². The van der Waals surface area contributed by atoms with Gasteiger partial charge in [0.1, 0.15) is 6.61 Å². The van der Waals surface area contributed by atoms with Crippen molar-refractivity contribution in [2.45, 2.75) is 11.5 Å². The number of hydrogen-bond acceptors (Lipinski definition) is 6. The number of benzene rings is 3. The summed E-state index contributed by atoms with van der Waals surface area (Å²) in [5.74, 6) is 0.608. The SMILES string of the molecule is COc1cc(C(=O)Nc2cccc(S(C)(=O)=O)c2)cc(OC)c1OCc1ccccc1. The molecule has 0 aromatic heterocycles. The van der Waals surface area contributed by atoms with Crippen molar-refractivity contribution in [2.75, 3.05) is 25.8 Å². The van der Waals surface area contributed by atoms with E-state index in [-0.39, 0.29) is 10.5 Å². The molecule has 162 valence electrons. The number of rotatable bonds is 8. The van der Waals surface area contributed by atoms with Crippen LogP contribution in [0.4, 0.5) is 5.69 Å². The zero-order chi connectivity index (χ0) is 22.4. The van der Waals surface area contributed by atoms with Crippen molar-refractivity contribution in [1.29, 1.82) is 0 Å². The Hall–Kier alpha value is -3.52. The molecule has 1 amide bonds. The molecule has 0 heterocycles. The molecule has 0 aliphatic heterocycles. The third-order valence-electron chi connectivity index (χ3n) is 4.47. The quantitative estimate of drug-likeness (QED) is 0.569. The predicted molar refractivity (Wildman–Crippen MR) is 118 cm³/mol. The van der Waals surface area contributed by atoms with Gasteiger partial charge in [0.05, 0.1) is 19.1 Å². The van der Waals surface area contributed by atoms with Gasteiger partial charge in [0, 0.05) is 17.5 Å². The third-order valence-corrected chi connectivity index (χ3v) is 5.58. The number of carbonyl (C=O) groups is 1. The average Bonchev–Trinajstić information content (AvgIpc) is 2.77. The first-order chi connectivity index (χ1) is 14.8. The van der Waals surface area contributed by atoms with Crippen LogP contribution in [0.3, 0.4) is 0 Å². The van der Waals surface area contributed by atoms with Crippen LogP contribution in [0.15, 0.2) is 71.6 Å². The van der Waals surface area contributed by atoms with Gasteiger partial charge in [0.15, 0.2) is 21.3 Å². The summed E-state index contributed by atoms with van der Waals surface area (Å²) in [6.07, 6.45) is 1.11. The smallest absolute Gasteiger partial charge is 0.255 e. The number of nitrogens with one attached hydrogen (secondary N) is 1. The van der Waals surface area contributed by atoms with Crippen LogP contribution in [0, 0.1) is 0 Å². The lowest BCUT2D eigenvalue weighted by atomic mass is 10.1. The maximum absolute atomic E-state index is 12.8. The molecule has 0 spiro atoms. The molecule has 3 rings (SSSR count). The van der Waals surface area contributed by atoms with Crippen LogP contribution in [0.25, 0.3) is 0 Å². The van der Waals surface area contributed by atoms with Gasteiger partial charge in [-0.05, 0) is 35.9 Å². The van der Waals surface area contributed by atoms with Crippen molar-refractivity contribution in [3.05, 3.63) is 77.9 Å². The van der Waals surface area contributed by atoms with Gasteiger partial charge in [-0.25, -0.2) is 8.42 Å². The van der Waals surface area contributed by atoms with E-state index in [1.165, 1.54) is 26.4 Å². The summed E-state index contributed by atoms with van der Waals surface area (Å²) in [6.45, 7) is 0.303. The molecule has 0 unspecified atom stereocenters. The van der Waals surface area contributed by atoms with Crippen LogP contribution in [-0.4, -0.2) is 34.8 Å². The zero-order valence-corrected chi connectivity index (χ0v) is 18.2. The lowest BCUT2D eigenvalue weighted by Gasteiger charge is -2.16. The molecule has 1 N–H and O–H groups in total. The molecule has 31 heavy (non-hydrogen) atoms. The fourth-order valence-corrected chi connectivity index (χ4v) is 3.56. The molecule has 0 fully saturated rings. The Morgan fingerprint density at radius 1 is 0.903 bits per heavy atom. The topological polar surface area (TPSA) is 90.9 Å². The second-order valence-electron chi connectivity index (χ2n) is 6.74. The molecule has 0 bridgehead atoms. The van der Waals surface area contributed by atoms with Gasteiger partial charge in [-0.1, -0.05) is 36.4 Å². The largest absolute Gasteiger partial charge is 0.493 e. The fourth-order valence-electron chi connectivity index (χ4n) is 2.89. The summed E-state index contributed by atoms with van der Waals surface area (Å²) in [4.78, 5) is 12.9. The lowest BCUT2D eigenvalue weighted by Crippen LogP contribution is -2.13. The summed E-state index contributed by atoms with van der Waals surface area (Å²) in [7, 11) is -0.443. The van der Waals surface area contributed by atoms with Crippen LogP contribution >= 0.6 is 0 Å². The maximum Gasteiger partial charge on any atom is 0.255 e. The standard InChI is InChI=1S/C23H23NO6S/c1-28-20-12-17(23(25)24-18-10-7-11-19(14-18)31(3,26)27)13-21(29-2)22(20)30-15-16-8-5-4-6-9-16/h4-14H,15H2,1-3H3,(H,24,25). The Balaban J connectivity index is 1.85. The monoisotopic (exact) mass is 441 g/mol. The molecule has 0 saturated heterocycles. The normalized spacial score (nSPS) is 10.9. The van der Waals surface area contributed by atoms with Gasteiger partial charge >= 0.3 is 0 Å². The van der Waals surface area contributed by atoms with E-state index in [9.17, 15) is 13.2 Å². The summed E-state index contributed by atoms with van der Waals surface area (Å²) >= 11 is 0. The summed E-state index contributed by atoms with van der Waals surface area (Å²) < 4.78 is 40.2. The lowest BCUT2D eigenvalue weighted by molar-refractivity contribution is 0.102. The molecule has 0 aliphatic carbocycles. The highest BCUT2D eigenvalue weighted by molar-refractivity contribution is 7.90. The van der Waals surface area contributed by atoms with Gasteiger partial charge in [0.25, 0.3) is 5.91 Å². The van der Waals surface area contributed by atoms with E-state index in [0.717, 1.165) is 11.8 Å². The van der Waals surface area contributed by atoms with Gasteiger partial charge in [0.2, 0.25) is 5.75 Å². The maximum atomic E-state index is 12.8. The summed E-state index contributed by atoms with van der Waals surface area (Å²) in [5, 5.41) is 2.70. The van der Waals surface area contributed by atoms with Crippen LogP contribution in [-0.2, 0) is 16.4 Å². The first kappa shape index (κ1) is 22.2. The molecule has 0 radical (unpaired) electrons. The van der Waals surface area contributed by atoms with Gasteiger partial charge in [-0.3, -0.25) is 4.79 Å². The first-order valence-corrected chi connectivity index (χ1v) is 11.2. The number of hydrogen-bond donors (Lipinski definition) is 1. The molecular weight excluding hydrogens is 418 g/mol. The Morgan fingerprint density at radius 2 is 1.55 bits per heavy atom. The van der Waals surface area contributed by atoms with Crippen LogP contribution in [0.5, 0.6) is 17.2 Å². The fraction of sp³-hybridized carbons (Fsp3) is 0.174. The van der Waals surface area contributed by atoms with E-state index >= 15 is 0 Å². The molecule has 3 aromatic rings. The minimum atomic E-state index is -3.39. The van der Waals surface area contributed by atoms with Crippen molar-refractivity contribution >= 4 is 21.4 Å². The third kappa shape index (κ3) is 5.55. The van der Waals surface area contributed by atoms with Crippen molar-refractivity contribution in [3.8, 4) is 17.2 Å². The van der Waals surface area contributed by atoms with Gasteiger partial charge < -0.3 is 19.5 Å². The van der Waals surface area contributed by atoms with Gasteiger partial charge in [-0.2, -0.15) is 0 Å². The van der Waals surface area contributed by atoms with Crippen LogP contribution < -0.4 is 19.5 Å². The Labute approximate surface area is 181 Å². The second-order valence-corrected chi connectivity index (χ2v) is 8.75. The highest BCUT2D eigenvalue weighted by Gasteiger charge is 2.18. The molecule has 0 atom stereocenters. The summed E-state index contributed by atoms with van der Waals surface area (Å²) in [5.41, 5.74) is 1.60. The number of methoxy groups -OCH3 is 2. The van der Waals surface area contributed by atoms with Crippen molar-refractivity contribution in [3.63, 3.8) is 0 Å². The van der Waals surface area contributed by atoms with Crippen molar-refractivity contribution < 1.29 is 27.4 Å². The molecular formula is C23H23NO6S. The molecule has 0 aliphatic rings. The first-order valence-electron chi connectivity index (χ1n) is 9.36. The van der Waals surface area contributed by atoms with E-state index in [4.69, 9.17) is 14.2 Å². The minimum Gasteiger partial charge on any atom is -0.493 e. The van der Waals surface area contributed by atoms with E-state index in [0.29, 0.717) is 29.5 Å². The Bertz CT molecular complexity index is 1150. The number of anilines is 1. The van der Waals surface area contributed by atoms with Crippen molar-refractivity contribution in [1.82, 2.24) is 0 Å². The predicted octanol–water partition coefficient (Wildman–Crippen LogP) is 3.94. The number of ether oxygens (including phenoxy) is 3. The second kappa shape index (κ2) is 9.53. The Morgan fingerprint density at radius 3 is 2.13 bits per heavy atom. The molecule has 8 heteroatoms. The van der Waals surface area contributed by atoms with Crippen molar-refractivity contribution in [2.24, 2.45) is 0 Å². The average molecular weight is 442 g/mol. The molecule has 0 saturated carbocycles. The number of carbonyl (C=O) groups excluding carboxylic acids is 1. The van der Waals surface area contributed by atoms with E-state index < -0.39 is 15.7 Å². The van der Waals surface area contributed by atoms with Crippen LogP contribution in [0.2, 0.25) is 0 Å². The van der Waals surface area contributed by atoms with E-state index in [2.05, 4.69) is 5.32 Å². The molecule has 7 nitrogen and oxygen atoms in total. The Kier molecular flexibility index (Phi) is 6.81.